The molecule has 4 aromatic rings. The fourth-order valence-electron chi connectivity index (χ4n) is 4.45. The third-order valence-electron chi connectivity index (χ3n) is 6.09. The van der Waals surface area contributed by atoms with Gasteiger partial charge in [0, 0.05) is 35.6 Å². The molecule has 0 saturated carbocycles. The molecular formula is C25H23Br2N5O. The number of aromatic hydroxyl groups is 1. The number of hydrogen-bond donors (Lipinski definition) is 2. The van der Waals surface area contributed by atoms with Crippen molar-refractivity contribution in [1.82, 2.24) is 15.2 Å². The predicted molar refractivity (Wildman–Crippen MR) is 140 cm³/mol. The minimum atomic E-state index is 0. The van der Waals surface area contributed by atoms with E-state index >= 15 is 0 Å². The summed E-state index contributed by atoms with van der Waals surface area (Å²) < 4.78 is 0.548. The summed E-state index contributed by atoms with van der Waals surface area (Å²) >= 11 is 3.37. The summed E-state index contributed by atoms with van der Waals surface area (Å²) in [4.78, 5) is 7.13. The number of aryl methyl sites for hydroxylation is 1. The first kappa shape index (κ1) is 23.3. The van der Waals surface area contributed by atoms with E-state index in [9.17, 15) is 10.4 Å². The van der Waals surface area contributed by atoms with Crippen molar-refractivity contribution in [2.45, 2.75) is 26.2 Å². The number of pyridine rings is 1. The van der Waals surface area contributed by atoms with Crippen LogP contribution in [0.25, 0.3) is 33.4 Å². The molecule has 1 aliphatic heterocycles. The van der Waals surface area contributed by atoms with Gasteiger partial charge in [0.2, 0.25) is 0 Å². The second-order valence-corrected chi connectivity index (χ2v) is 8.98. The first-order valence-corrected chi connectivity index (χ1v) is 11.5. The number of phenolic OH excluding ortho intramolecular Hbond substituents is 1. The maximum Gasteiger partial charge on any atom is 0.182 e. The summed E-state index contributed by atoms with van der Waals surface area (Å²) in [6, 6.07) is 16.0. The molecule has 1 fully saturated rings. The van der Waals surface area contributed by atoms with Gasteiger partial charge in [-0.05, 0) is 78.0 Å². The zero-order valence-electron chi connectivity index (χ0n) is 18.1. The molecule has 0 unspecified atom stereocenters. The Balaban J connectivity index is 0.00000259. The van der Waals surface area contributed by atoms with Crippen molar-refractivity contribution >= 4 is 49.6 Å². The van der Waals surface area contributed by atoms with Crippen LogP contribution in [-0.4, -0.2) is 33.4 Å². The van der Waals surface area contributed by atoms with E-state index in [1.165, 1.54) is 24.9 Å². The standard InChI is InChI=1S/C25H22BrN5O.BrH/c1-15-22-23(16-5-8-18(9-6-16)31-11-3-2-4-12-31)19(14-27)24(28-25(22)30-29-15)17-7-10-21(32)20(26)13-17;/h5-10,13,32H,2-4,11-12H2,1H3,(H,28,29,30);1H. The topological polar surface area (TPSA) is 88.8 Å². The van der Waals surface area contributed by atoms with Crippen molar-refractivity contribution in [3.8, 4) is 34.2 Å². The molecule has 0 aliphatic carbocycles. The van der Waals surface area contributed by atoms with Gasteiger partial charge < -0.3 is 10.0 Å². The highest BCUT2D eigenvalue weighted by atomic mass is 79.9. The van der Waals surface area contributed by atoms with E-state index in [-0.39, 0.29) is 22.7 Å². The molecule has 0 spiro atoms. The Kier molecular flexibility index (Phi) is 6.73. The van der Waals surface area contributed by atoms with E-state index in [4.69, 9.17) is 4.98 Å². The van der Waals surface area contributed by atoms with Crippen LogP contribution in [0.5, 0.6) is 5.75 Å². The third-order valence-corrected chi connectivity index (χ3v) is 6.73. The molecule has 8 heteroatoms. The Morgan fingerprint density at radius 2 is 1.76 bits per heavy atom. The molecule has 33 heavy (non-hydrogen) atoms. The van der Waals surface area contributed by atoms with Crippen LogP contribution in [0, 0.1) is 18.3 Å². The number of fused-ring (bicyclic) bond motifs is 1. The van der Waals surface area contributed by atoms with Crippen molar-refractivity contribution in [2.24, 2.45) is 0 Å². The lowest BCUT2D eigenvalue weighted by Crippen LogP contribution is -2.29. The van der Waals surface area contributed by atoms with E-state index in [1.54, 1.807) is 18.2 Å². The molecule has 1 aliphatic rings. The van der Waals surface area contributed by atoms with Gasteiger partial charge >= 0.3 is 0 Å². The average Bonchev–Trinajstić information content (AvgIpc) is 3.20. The first-order chi connectivity index (χ1) is 15.6. The minimum Gasteiger partial charge on any atom is -0.507 e. The van der Waals surface area contributed by atoms with E-state index in [0.717, 1.165) is 40.9 Å². The van der Waals surface area contributed by atoms with Gasteiger partial charge in [-0.1, -0.05) is 12.1 Å². The number of nitrogens with zero attached hydrogens (tertiary/aromatic N) is 4. The Morgan fingerprint density at radius 3 is 2.42 bits per heavy atom. The molecule has 5 rings (SSSR count). The van der Waals surface area contributed by atoms with Gasteiger partial charge in [0.15, 0.2) is 5.65 Å². The number of phenols is 1. The molecular weight excluding hydrogens is 546 g/mol. The molecule has 0 radical (unpaired) electrons. The van der Waals surface area contributed by atoms with Crippen LogP contribution >= 0.6 is 32.9 Å². The molecule has 168 valence electrons. The highest BCUT2D eigenvalue weighted by Crippen LogP contribution is 2.39. The van der Waals surface area contributed by atoms with Crippen molar-refractivity contribution < 1.29 is 5.11 Å². The predicted octanol–water partition coefficient (Wildman–Crippen LogP) is 6.51. The summed E-state index contributed by atoms with van der Waals surface area (Å²) in [5.41, 5.74) is 6.20. The van der Waals surface area contributed by atoms with Crippen LogP contribution in [0.15, 0.2) is 46.9 Å². The van der Waals surface area contributed by atoms with Gasteiger partial charge in [0.1, 0.15) is 11.8 Å². The molecule has 0 atom stereocenters. The number of aromatic amines is 1. The number of aromatic nitrogens is 3. The lowest BCUT2D eigenvalue weighted by atomic mass is 9.93. The summed E-state index contributed by atoms with van der Waals surface area (Å²) in [6.45, 7) is 4.12. The second-order valence-electron chi connectivity index (χ2n) is 8.13. The van der Waals surface area contributed by atoms with E-state index in [1.807, 2.05) is 6.92 Å². The summed E-state index contributed by atoms with van der Waals surface area (Å²) in [7, 11) is 0. The van der Waals surface area contributed by atoms with E-state index in [0.29, 0.717) is 21.4 Å². The smallest absolute Gasteiger partial charge is 0.182 e. The largest absolute Gasteiger partial charge is 0.507 e. The Labute approximate surface area is 211 Å². The average molecular weight is 569 g/mol. The van der Waals surface area contributed by atoms with Crippen LogP contribution in [0.4, 0.5) is 5.69 Å². The molecule has 3 heterocycles. The SMILES string of the molecule is Br.Cc1[nH]nc2nc(-c3ccc(O)c(Br)c3)c(C#N)c(-c3ccc(N4CCCCC4)cc3)c12. The number of H-pyrrole nitrogens is 1. The van der Waals surface area contributed by atoms with Crippen molar-refractivity contribution in [3.05, 3.63) is 58.2 Å². The van der Waals surface area contributed by atoms with Crippen LogP contribution in [-0.2, 0) is 0 Å². The highest BCUT2D eigenvalue weighted by Gasteiger charge is 2.22. The normalized spacial score (nSPS) is 13.5. The van der Waals surface area contributed by atoms with Crippen molar-refractivity contribution in [1.29, 1.82) is 5.26 Å². The zero-order valence-corrected chi connectivity index (χ0v) is 21.4. The molecule has 2 aromatic carbocycles. The van der Waals surface area contributed by atoms with Crippen molar-refractivity contribution in [2.75, 3.05) is 18.0 Å². The van der Waals surface area contributed by atoms with Gasteiger partial charge in [-0.3, -0.25) is 5.10 Å². The van der Waals surface area contributed by atoms with Crippen LogP contribution < -0.4 is 4.90 Å². The van der Waals surface area contributed by atoms with Crippen molar-refractivity contribution in [3.63, 3.8) is 0 Å². The van der Waals surface area contributed by atoms with E-state index in [2.05, 4.69) is 61.4 Å². The van der Waals surface area contributed by atoms with Crippen LogP contribution in [0.3, 0.4) is 0 Å². The number of piperidine rings is 1. The third kappa shape index (κ3) is 4.23. The molecule has 2 aromatic heterocycles. The minimum absolute atomic E-state index is 0. The summed E-state index contributed by atoms with van der Waals surface area (Å²) in [6.07, 6.45) is 3.75. The van der Waals surface area contributed by atoms with Crippen LogP contribution in [0.2, 0.25) is 0 Å². The van der Waals surface area contributed by atoms with Gasteiger partial charge in [0.25, 0.3) is 0 Å². The van der Waals surface area contributed by atoms with Gasteiger partial charge in [-0.25, -0.2) is 4.98 Å². The van der Waals surface area contributed by atoms with Crippen LogP contribution in [0.1, 0.15) is 30.5 Å². The number of halogens is 2. The Morgan fingerprint density at radius 1 is 1.06 bits per heavy atom. The number of nitriles is 1. The monoisotopic (exact) mass is 567 g/mol. The fraction of sp³-hybridized carbons (Fsp3) is 0.240. The quantitative estimate of drug-likeness (QED) is 0.294. The highest BCUT2D eigenvalue weighted by molar-refractivity contribution is 9.10. The summed E-state index contributed by atoms with van der Waals surface area (Å²) in [5.74, 6) is 0.137. The summed E-state index contributed by atoms with van der Waals surface area (Å²) in [5, 5.41) is 28.4. The van der Waals surface area contributed by atoms with Gasteiger partial charge in [0.05, 0.1) is 21.1 Å². The Bertz CT molecular complexity index is 1350. The number of nitrogens with one attached hydrogen (secondary N) is 1. The number of benzene rings is 2. The number of anilines is 1. The zero-order chi connectivity index (χ0) is 22.2. The second kappa shape index (κ2) is 9.54. The van der Waals surface area contributed by atoms with Gasteiger partial charge in [-0.15, -0.1) is 17.0 Å². The first-order valence-electron chi connectivity index (χ1n) is 10.7. The fourth-order valence-corrected chi connectivity index (χ4v) is 4.83. The maximum absolute atomic E-state index is 10.2. The molecule has 2 N–H and O–H groups in total. The molecule has 1 saturated heterocycles. The number of hydrogen-bond acceptors (Lipinski definition) is 5. The Hall–Kier alpha value is -2.89. The number of rotatable bonds is 3. The van der Waals surface area contributed by atoms with Gasteiger partial charge in [-0.2, -0.15) is 10.4 Å². The molecule has 0 amide bonds. The molecule has 6 nitrogen and oxygen atoms in total. The maximum atomic E-state index is 10.2. The van der Waals surface area contributed by atoms with E-state index < -0.39 is 0 Å². The lowest BCUT2D eigenvalue weighted by molar-refractivity contribution is 0.472. The molecule has 0 bridgehead atoms. The lowest BCUT2D eigenvalue weighted by Gasteiger charge is -2.29.